The van der Waals surface area contributed by atoms with Crippen LogP contribution in [0, 0.1) is 0 Å². The monoisotopic (exact) mass is 394 g/mol. The highest BCUT2D eigenvalue weighted by molar-refractivity contribution is 7.99. The molecule has 1 fully saturated rings. The van der Waals surface area contributed by atoms with Crippen LogP contribution in [-0.2, 0) is 11.3 Å². The Morgan fingerprint density at radius 3 is 2.68 bits per heavy atom. The van der Waals surface area contributed by atoms with Gasteiger partial charge in [-0.25, -0.2) is 4.98 Å². The first-order valence-corrected chi connectivity index (χ1v) is 10.5. The van der Waals surface area contributed by atoms with Gasteiger partial charge in [-0.3, -0.25) is 19.1 Å². The number of rotatable bonds is 5. The molecule has 0 unspecified atom stereocenters. The molecule has 1 aromatic carbocycles. The van der Waals surface area contributed by atoms with Gasteiger partial charge in [0, 0.05) is 25.5 Å². The van der Waals surface area contributed by atoms with E-state index in [0.29, 0.717) is 22.6 Å². The Kier molecular flexibility index (Phi) is 5.71. The van der Waals surface area contributed by atoms with E-state index in [1.807, 2.05) is 35.2 Å². The largest absolute Gasteiger partial charge is 0.342 e. The number of benzene rings is 1. The Bertz CT molecular complexity index is 1030. The number of likely N-dealkylation sites (tertiary alicyclic amines) is 1. The third kappa shape index (κ3) is 4.09. The number of para-hydroxylation sites is 1. The lowest BCUT2D eigenvalue weighted by Gasteiger charge is -2.26. The third-order valence-electron chi connectivity index (χ3n) is 4.92. The quantitative estimate of drug-likeness (QED) is 0.492. The van der Waals surface area contributed by atoms with Gasteiger partial charge in [0.1, 0.15) is 0 Å². The topological polar surface area (TPSA) is 68.1 Å². The number of aromatic nitrogens is 3. The number of fused-ring (bicyclic) bond motifs is 1. The summed E-state index contributed by atoms with van der Waals surface area (Å²) in [5.41, 5.74) is 1.48. The van der Waals surface area contributed by atoms with Gasteiger partial charge in [-0.05, 0) is 43.0 Å². The summed E-state index contributed by atoms with van der Waals surface area (Å²) in [5, 5.41) is 1.15. The summed E-state index contributed by atoms with van der Waals surface area (Å²) in [7, 11) is 0. The lowest BCUT2D eigenvalue weighted by molar-refractivity contribution is -0.129. The molecule has 1 saturated heterocycles. The number of piperidine rings is 1. The summed E-state index contributed by atoms with van der Waals surface area (Å²) < 4.78 is 1.65. The number of pyridine rings is 1. The zero-order valence-electron chi connectivity index (χ0n) is 15.6. The van der Waals surface area contributed by atoms with Crippen molar-refractivity contribution < 1.29 is 4.79 Å². The van der Waals surface area contributed by atoms with Crippen LogP contribution in [0.5, 0.6) is 0 Å². The highest BCUT2D eigenvalue weighted by atomic mass is 32.2. The summed E-state index contributed by atoms with van der Waals surface area (Å²) >= 11 is 1.34. The molecule has 144 valence electrons. The van der Waals surface area contributed by atoms with Crippen LogP contribution in [0.4, 0.5) is 0 Å². The fourth-order valence-electron chi connectivity index (χ4n) is 3.43. The SMILES string of the molecule is O=C(CSc1nc2ccccc2c(=O)n1Cc1cccnc1)N1CCCCC1. The summed E-state index contributed by atoms with van der Waals surface area (Å²) in [6.07, 6.45) is 6.77. The number of thioether (sulfide) groups is 1. The van der Waals surface area contributed by atoms with E-state index in [-0.39, 0.29) is 17.2 Å². The van der Waals surface area contributed by atoms with Gasteiger partial charge in [-0.15, -0.1) is 0 Å². The Morgan fingerprint density at radius 1 is 1.07 bits per heavy atom. The average molecular weight is 395 g/mol. The van der Waals surface area contributed by atoms with Crippen molar-refractivity contribution in [1.82, 2.24) is 19.4 Å². The van der Waals surface area contributed by atoms with Crippen molar-refractivity contribution in [1.29, 1.82) is 0 Å². The van der Waals surface area contributed by atoms with E-state index < -0.39 is 0 Å². The molecule has 1 aliphatic heterocycles. The molecule has 1 amide bonds. The van der Waals surface area contributed by atoms with Crippen LogP contribution in [0.25, 0.3) is 10.9 Å². The van der Waals surface area contributed by atoms with E-state index in [1.54, 1.807) is 23.0 Å². The number of carbonyl (C=O) groups excluding carboxylic acids is 1. The third-order valence-corrected chi connectivity index (χ3v) is 5.88. The fraction of sp³-hybridized carbons (Fsp3) is 0.333. The van der Waals surface area contributed by atoms with Gasteiger partial charge in [0.25, 0.3) is 5.56 Å². The predicted octanol–water partition coefficient (Wildman–Crippen LogP) is 2.94. The molecule has 28 heavy (non-hydrogen) atoms. The zero-order valence-corrected chi connectivity index (χ0v) is 16.4. The van der Waals surface area contributed by atoms with Crippen LogP contribution in [0.1, 0.15) is 24.8 Å². The van der Waals surface area contributed by atoms with Gasteiger partial charge in [-0.2, -0.15) is 0 Å². The van der Waals surface area contributed by atoms with Crippen molar-refractivity contribution in [3.63, 3.8) is 0 Å². The second-order valence-electron chi connectivity index (χ2n) is 6.89. The Hall–Kier alpha value is -2.67. The smallest absolute Gasteiger partial charge is 0.262 e. The molecular weight excluding hydrogens is 372 g/mol. The Labute approximate surface area is 167 Å². The van der Waals surface area contributed by atoms with E-state index in [2.05, 4.69) is 9.97 Å². The Balaban J connectivity index is 1.64. The highest BCUT2D eigenvalue weighted by Gasteiger charge is 2.19. The lowest BCUT2D eigenvalue weighted by atomic mass is 10.1. The molecule has 4 rings (SSSR count). The molecule has 0 N–H and O–H groups in total. The molecule has 0 radical (unpaired) electrons. The molecule has 0 bridgehead atoms. The van der Waals surface area contributed by atoms with Crippen LogP contribution in [0.3, 0.4) is 0 Å². The fourth-order valence-corrected chi connectivity index (χ4v) is 4.33. The summed E-state index contributed by atoms with van der Waals surface area (Å²) in [4.78, 5) is 36.4. The van der Waals surface area contributed by atoms with Gasteiger partial charge in [0.2, 0.25) is 5.91 Å². The second-order valence-corrected chi connectivity index (χ2v) is 7.84. The van der Waals surface area contributed by atoms with E-state index in [0.717, 1.165) is 31.5 Å². The number of nitrogens with zero attached hydrogens (tertiary/aromatic N) is 4. The summed E-state index contributed by atoms with van der Waals surface area (Å²) in [6.45, 7) is 2.03. The maximum atomic E-state index is 13.1. The van der Waals surface area contributed by atoms with Crippen LogP contribution >= 0.6 is 11.8 Å². The van der Waals surface area contributed by atoms with E-state index in [4.69, 9.17) is 0 Å². The molecule has 1 aliphatic rings. The molecule has 0 saturated carbocycles. The van der Waals surface area contributed by atoms with Gasteiger partial charge in [0.05, 0.1) is 23.2 Å². The molecule has 0 atom stereocenters. The minimum Gasteiger partial charge on any atom is -0.342 e. The van der Waals surface area contributed by atoms with Crippen LogP contribution < -0.4 is 5.56 Å². The number of amides is 1. The van der Waals surface area contributed by atoms with Gasteiger partial charge >= 0.3 is 0 Å². The minimum absolute atomic E-state index is 0.0950. The van der Waals surface area contributed by atoms with Crippen LogP contribution in [0.2, 0.25) is 0 Å². The first kappa shape index (κ1) is 18.7. The van der Waals surface area contributed by atoms with Crippen molar-refractivity contribution in [3.05, 3.63) is 64.7 Å². The van der Waals surface area contributed by atoms with Gasteiger partial charge in [0.15, 0.2) is 5.16 Å². The molecule has 2 aromatic heterocycles. The van der Waals surface area contributed by atoms with Gasteiger partial charge < -0.3 is 4.90 Å². The molecule has 0 aliphatic carbocycles. The van der Waals surface area contributed by atoms with Crippen molar-refractivity contribution in [2.24, 2.45) is 0 Å². The summed E-state index contributed by atoms with van der Waals surface area (Å²) in [6, 6.07) is 11.1. The number of carbonyl (C=O) groups is 1. The Morgan fingerprint density at radius 2 is 1.89 bits per heavy atom. The molecule has 3 heterocycles. The lowest BCUT2D eigenvalue weighted by Crippen LogP contribution is -2.37. The van der Waals surface area contributed by atoms with Crippen molar-refractivity contribution in [3.8, 4) is 0 Å². The minimum atomic E-state index is -0.0950. The average Bonchev–Trinajstić information content (AvgIpc) is 2.75. The van der Waals surface area contributed by atoms with E-state index >= 15 is 0 Å². The van der Waals surface area contributed by atoms with E-state index in [1.165, 1.54) is 18.2 Å². The van der Waals surface area contributed by atoms with Crippen molar-refractivity contribution in [2.75, 3.05) is 18.8 Å². The first-order chi connectivity index (χ1) is 13.7. The van der Waals surface area contributed by atoms with Gasteiger partial charge in [-0.1, -0.05) is 30.0 Å². The first-order valence-electron chi connectivity index (χ1n) is 9.51. The van der Waals surface area contributed by atoms with Crippen LogP contribution in [0.15, 0.2) is 58.7 Å². The second kappa shape index (κ2) is 8.56. The highest BCUT2D eigenvalue weighted by Crippen LogP contribution is 2.20. The van der Waals surface area contributed by atoms with Crippen LogP contribution in [-0.4, -0.2) is 44.2 Å². The standard InChI is InChI=1S/C21H22N4O2S/c26-19(24-11-4-1-5-12-24)15-28-21-23-18-9-3-2-8-17(18)20(27)25(21)14-16-7-6-10-22-13-16/h2-3,6-10,13H,1,4-5,11-12,14-15H2. The zero-order chi connectivity index (χ0) is 19.3. The van der Waals surface area contributed by atoms with Crippen molar-refractivity contribution >= 4 is 28.6 Å². The molecular formula is C21H22N4O2S. The molecule has 3 aromatic rings. The van der Waals surface area contributed by atoms with Crippen molar-refractivity contribution in [2.45, 2.75) is 31.0 Å². The van der Waals surface area contributed by atoms with E-state index in [9.17, 15) is 9.59 Å². The number of hydrogen-bond donors (Lipinski definition) is 0. The maximum Gasteiger partial charge on any atom is 0.262 e. The summed E-state index contributed by atoms with van der Waals surface area (Å²) in [5.74, 6) is 0.401. The number of hydrogen-bond acceptors (Lipinski definition) is 5. The maximum absolute atomic E-state index is 13.1. The predicted molar refractivity (Wildman–Crippen MR) is 110 cm³/mol. The molecule has 6 nitrogen and oxygen atoms in total. The molecule has 0 spiro atoms. The normalized spacial score (nSPS) is 14.4. The molecule has 7 heteroatoms.